The number of likely N-dealkylation sites (tertiary alicyclic amines) is 1. The first-order valence-electron chi connectivity index (χ1n) is 8.69. The zero-order chi connectivity index (χ0) is 16.4. The van der Waals surface area contributed by atoms with Gasteiger partial charge in [0.1, 0.15) is 12.3 Å². The summed E-state index contributed by atoms with van der Waals surface area (Å²) < 4.78 is 5.49. The van der Waals surface area contributed by atoms with Crippen molar-refractivity contribution in [2.75, 3.05) is 13.1 Å². The zero-order valence-corrected chi connectivity index (χ0v) is 14.0. The van der Waals surface area contributed by atoms with Gasteiger partial charge in [-0.25, -0.2) is 4.79 Å². The van der Waals surface area contributed by atoms with Crippen LogP contribution in [-0.2, 0) is 13.0 Å². The number of piperidine rings is 1. The molecule has 4 nitrogen and oxygen atoms in total. The van der Waals surface area contributed by atoms with Gasteiger partial charge in [0.25, 0.3) is 0 Å². The summed E-state index contributed by atoms with van der Waals surface area (Å²) in [5, 5.41) is 11.3. The van der Waals surface area contributed by atoms with Gasteiger partial charge in [0.2, 0.25) is 0 Å². The number of benzene rings is 1. The van der Waals surface area contributed by atoms with Crippen LogP contribution in [0.4, 0.5) is 0 Å². The van der Waals surface area contributed by atoms with E-state index < -0.39 is 0 Å². The predicted molar refractivity (Wildman–Crippen MR) is 90.9 cm³/mol. The van der Waals surface area contributed by atoms with Crippen LogP contribution in [0.5, 0.6) is 5.75 Å². The molecule has 0 unspecified atom stereocenters. The van der Waals surface area contributed by atoms with E-state index in [4.69, 9.17) is 4.42 Å². The van der Waals surface area contributed by atoms with E-state index >= 15 is 0 Å². The predicted octanol–water partition coefficient (Wildman–Crippen LogP) is 2.27. The van der Waals surface area contributed by atoms with Gasteiger partial charge in [-0.3, -0.25) is 0 Å². The van der Waals surface area contributed by atoms with E-state index in [0.29, 0.717) is 12.1 Å². The lowest BCUT2D eigenvalue weighted by Gasteiger charge is -2.27. The van der Waals surface area contributed by atoms with Crippen LogP contribution >= 0.6 is 0 Å². The molecule has 0 radical (unpaired) electrons. The topological polar surface area (TPSA) is 54.9 Å². The number of quaternary nitrogens is 1. The Morgan fingerprint density at radius 2 is 2.04 bits per heavy atom. The molecule has 0 aliphatic carbocycles. The minimum absolute atomic E-state index is 0.237. The smallest absolute Gasteiger partial charge is 0.336 e. The van der Waals surface area contributed by atoms with Crippen LogP contribution in [0.25, 0.3) is 11.0 Å². The second kappa shape index (κ2) is 6.75. The van der Waals surface area contributed by atoms with Crippen molar-refractivity contribution in [3.8, 4) is 5.75 Å². The van der Waals surface area contributed by atoms with E-state index in [1.54, 1.807) is 12.1 Å². The molecule has 23 heavy (non-hydrogen) atoms. The minimum Gasteiger partial charge on any atom is -0.507 e. The highest BCUT2D eigenvalue weighted by molar-refractivity contribution is 5.85. The highest BCUT2D eigenvalue weighted by Gasteiger charge is 2.22. The summed E-state index contributed by atoms with van der Waals surface area (Å²) in [6.45, 7) is 7.32. The highest BCUT2D eigenvalue weighted by atomic mass is 16.4. The fraction of sp³-hybridized carbons (Fsp3) is 0.526. The molecule has 0 bridgehead atoms. The monoisotopic (exact) mass is 316 g/mol. The largest absolute Gasteiger partial charge is 0.507 e. The summed E-state index contributed by atoms with van der Waals surface area (Å²) in [6, 6.07) is 5.20. The molecule has 124 valence electrons. The summed E-state index contributed by atoms with van der Waals surface area (Å²) >= 11 is 0. The molecule has 2 aromatic rings. The summed E-state index contributed by atoms with van der Waals surface area (Å²) in [6.07, 6.45) is 4.25. The SMILES string of the molecule is CCCc1cc(=O)oc2c(C[NH+]3CCC(C)CC3)c(O)ccc12. The van der Waals surface area contributed by atoms with Crippen LogP contribution < -0.4 is 10.5 Å². The summed E-state index contributed by atoms with van der Waals surface area (Å²) in [5.41, 5.74) is 2.05. The first-order valence-corrected chi connectivity index (χ1v) is 8.69. The third-order valence-corrected chi connectivity index (χ3v) is 5.00. The Labute approximate surface area is 136 Å². The molecule has 0 saturated carbocycles. The number of rotatable bonds is 4. The molecule has 0 atom stereocenters. The van der Waals surface area contributed by atoms with E-state index in [0.717, 1.165) is 48.4 Å². The Balaban J connectivity index is 2.01. The Hall–Kier alpha value is -1.81. The van der Waals surface area contributed by atoms with Gasteiger partial charge in [-0.15, -0.1) is 0 Å². The molecule has 1 aromatic heterocycles. The fourth-order valence-electron chi connectivity index (χ4n) is 3.58. The van der Waals surface area contributed by atoms with Gasteiger partial charge in [-0.05, 0) is 42.9 Å². The Morgan fingerprint density at radius 3 is 2.74 bits per heavy atom. The number of aryl methyl sites for hydroxylation is 1. The number of fused-ring (bicyclic) bond motifs is 1. The van der Waals surface area contributed by atoms with Crippen molar-refractivity contribution in [2.45, 2.75) is 46.1 Å². The Morgan fingerprint density at radius 1 is 1.30 bits per heavy atom. The van der Waals surface area contributed by atoms with Crippen molar-refractivity contribution in [1.29, 1.82) is 0 Å². The van der Waals surface area contributed by atoms with Crippen molar-refractivity contribution in [3.63, 3.8) is 0 Å². The second-order valence-electron chi connectivity index (χ2n) is 6.89. The summed E-state index contributed by atoms with van der Waals surface area (Å²) in [7, 11) is 0. The van der Waals surface area contributed by atoms with Crippen LogP contribution in [0.2, 0.25) is 0 Å². The molecule has 1 fully saturated rings. The van der Waals surface area contributed by atoms with Crippen molar-refractivity contribution in [1.82, 2.24) is 0 Å². The molecule has 2 N–H and O–H groups in total. The van der Waals surface area contributed by atoms with Gasteiger partial charge in [-0.2, -0.15) is 0 Å². The number of hydrogen-bond acceptors (Lipinski definition) is 3. The molecule has 0 amide bonds. The van der Waals surface area contributed by atoms with Gasteiger partial charge in [-0.1, -0.05) is 20.3 Å². The first kappa shape index (κ1) is 16.1. The van der Waals surface area contributed by atoms with E-state index in [9.17, 15) is 9.90 Å². The van der Waals surface area contributed by atoms with Crippen LogP contribution in [0, 0.1) is 5.92 Å². The van der Waals surface area contributed by atoms with E-state index in [-0.39, 0.29) is 11.4 Å². The lowest BCUT2D eigenvalue weighted by molar-refractivity contribution is -0.919. The molecule has 1 aromatic carbocycles. The quantitative estimate of drug-likeness (QED) is 0.851. The first-order chi connectivity index (χ1) is 11.1. The van der Waals surface area contributed by atoms with Crippen molar-refractivity contribution in [3.05, 3.63) is 39.7 Å². The maximum Gasteiger partial charge on any atom is 0.336 e. The zero-order valence-electron chi connectivity index (χ0n) is 14.0. The standard InChI is InChI=1S/C19H25NO3/c1-3-4-14-11-18(22)23-19-15(14)5-6-17(21)16(19)12-20-9-7-13(2)8-10-20/h5-6,11,13,21H,3-4,7-10,12H2,1-2H3/p+1. The van der Waals surface area contributed by atoms with Crippen LogP contribution in [0.1, 0.15) is 44.2 Å². The Bertz CT molecular complexity index is 742. The second-order valence-corrected chi connectivity index (χ2v) is 6.89. The molecular formula is C19H26NO3+. The van der Waals surface area contributed by atoms with Crippen molar-refractivity contribution in [2.24, 2.45) is 5.92 Å². The fourth-order valence-corrected chi connectivity index (χ4v) is 3.58. The number of phenolic OH excluding ortho intramolecular Hbond substituents is 1. The minimum atomic E-state index is -0.324. The molecule has 1 aliphatic rings. The number of aromatic hydroxyl groups is 1. The van der Waals surface area contributed by atoms with E-state index in [1.807, 2.05) is 6.07 Å². The maximum absolute atomic E-state index is 11.9. The van der Waals surface area contributed by atoms with Crippen molar-refractivity contribution >= 4 is 11.0 Å². The van der Waals surface area contributed by atoms with Gasteiger partial charge in [0.05, 0.1) is 18.7 Å². The molecule has 2 heterocycles. The number of nitrogens with one attached hydrogen (secondary N) is 1. The maximum atomic E-state index is 11.9. The van der Waals surface area contributed by atoms with Crippen molar-refractivity contribution < 1.29 is 14.4 Å². The molecule has 4 heteroatoms. The van der Waals surface area contributed by atoms with Gasteiger partial charge < -0.3 is 14.4 Å². The molecular weight excluding hydrogens is 290 g/mol. The third-order valence-electron chi connectivity index (χ3n) is 5.00. The normalized spacial score (nSPS) is 21.7. The van der Waals surface area contributed by atoms with Gasteiger partial charge in [0, 0.05) is 11.5 Å². The summed E-state index contributed by atoms with van der Waals surface area (Å²) in [4.78, 5) is 13.4. The van der Waals surface area contributed by atoms with Crippen LogP contribution in [-0.4, -0.2) is 18.2 Å². The van der Waals surface area contributed by atoms with Crippen LogP contribution in [0.3, 0.4) is 0 Å². The molecule has 1 saturated heterocycles. The lowest BCUT2D eigenvalue weighted by atomic mass is 9.98. The van der Waals surface area contributed by atoms with Crippen LogP contribution in [0.15, 0.2) is 27.4 Å². The lowest BCUT2D eigenvalue weighted by Crippen LogP contribution is -3.11. The average Bonchev–Trinajstić information content (AvgIpc) is 2.52. The van der Waals surface area contributed by atoms with Gasteiger partial charge >= 0.3 is 5.63 Å². The number of hydrogen-bond donors (Lipinski definition) is 2. The van der Waals surface area contributed by atoms with E-state index in [1.165, 1.54) is 17.7 Å². The highest BCUT2D eigenvalue weighted by Crippen LogP contribution is 2.28. The summed E-state index contributed by atoms with van der Waals surface area (Å²) in [5.74, 6) is 1.02. The average molecular weight is 316 g/mol. The molecule has 3 rings (SSSR count). The number of phenols is 1. The molecule has 0 spiro atoms. The molecule has 1 aliphatic heterocycles. The van der Waals surface area contributed by atoms with E-state index in [2.05, 4.69) is 13.8 Å². The third kappa shape index (κ3) is 3.42. The van der Waals surface area contributed by atoms with Gasteiger partial charge in [0.15, 0.2) is 5.58 Å². The Kier molecular flexibility index (Phi) is 4.71.